The maximum Gasteiger partial charge on any atom is 0.335 e. The molecule has 9 nitrogen and oxygen atoms in total. The third kappa shape index (κ3) is 6.62. The summed E-state index contributed by atoms with van der Waals surface area (Å²) in [5.41, 5.74) is 0.245. The fourth-order valence-corrected chi connectivity index (χ4v) is 4.15. The highest BCUT2D eigenvalue weighted by Gasteiger charge is 2.31. The van der Waals surface area contributed by atoms with Crippen molar-refractivity contribution < 1.29 is 46.6 Å². The van der Waals surface area contributed by atoms with Gasteiger partial charge < -0.3 is 15.0 Å². The predicted molar refractivity (Wildman–Crippen MR) is 129 cm³/mol. The maximum atomic E-state index is 14.4. The lowest BCUT2D eigenvalue weighted by atomic mass is 9.99. The highest BCUT2D eigenvalue weighted by Crippen LogP contribution is 2.26. The topological polar surface area (TPSA) is 134 Å². The number of hydroxylamine groups is 1. The first-order valence-electron chi connectivity index (χ1n) is 12.1. The number of hydrogen-bond donors (Lipinski definition) is 4. The van der Waals surface area contributed by atoms with Crippen molar-refractivity contribution in [3.8, 4) is 0 Å². The van der Waals surface area contributed by atoms with Crippen molar-refractivity contribution in [3.63, 3.8) is 0 Å². The van der Waals surface area contributed by atoms with Crippen LogP contribution in [-0.2, 0) is 22.4 Å². The Hall–Kier alpha value is -4.33. The molecule has 2 aromatic carbocycles. The molecule has 3 aromatic rings. The molecule has 0 saturated carbocycles. The Balaban J connectivity index is 2.04. The molecule has 3 rings (SSSR count). The van der Waals surface area contributed by atoms with Gasteiger partial charge in [-0.05, 0) is 30.5 Å². The van der Waals surface area contributed by atoms with E-state index in [0.717, 1.165) is 6.42 Å². The number of amides is 2. The zero-order valence-corrected chi connectivity index (χ0v) is 21.1. The van der Waals surface area contributed by atoms with E-state index in [9.17, 15) is 41.4 Å². The molecule has 0 radical (unpaired) electrons. The lowest BCUT2D eigenvalue weighted by Gasteiger charge is -2.25. The summed E-state index contributed by atoms with van der Waals surface area (Å²) in [5, 5.41) is 20.6. The predicted octanol–water partition coefficient (Wildman–Crippen LogP) is 3.83. The van der Waals surface area contributed by atoms with Gasteiger partial charge in [-0.3, -0.25) is 14.8 Å². The molecule has 2 amide bonds. The van der Waals surface area contributed by atoms with E-state index in [0.29, 0.717) is 18.7 Å². The Labute approximate surface area is 224 Å². The summed E-state index contributed by atoms with van der Waals surface area (Å²) in [4.78, 5) is 41.1. The van der Waals surface area contributed by atoms with Crippen LogP contribution in [0.25, 0.3) is 0 Å². The third-order valence-electron chi connectivity index (χ3n) is 6.16. The molecule has 0 bridgehead atoms. The van der Waals surface area contributed by atoms with Crippen molar-refractivity contribution in [1.29, 1.82) is 0 Å². The molecule has 0 fully saturated rings. The maximum absolute atomic E-state index is 14.4. The van der Waals surface area contributed by atoms with Gasteiger partial charge in [-0.25, -0.2) is 37.2 Å². The van der Waals surface area contributed by atoms with E-state index in [1.54, 1.807) is 0 Å². The second-order valence-electron chi connectivity index (χ2n) is 8.88. The first kappa shape index (κ1) is 30.2. The van der Waals surface area contributed by atoms with Crippen LogP contribution in [0, 0.1) is 29.1 Å². The van der Waals surface area contributed by atoms with Gasteiger partial charge in [0, 0.05) is 36.8 Å². The Kier molecular flexibility index (Phi) is 9.93. The highest BCUT2D eigenvalue weighted by molar-refractivity contribution is 5.88. The highest BCUT2D eigenvalue weighted by atomic mass is 19.2. The lowest BCUT2D eigenvalue weighted by molar-refractivity contribution is -0.130. The first-order chi connectivity index (χ1) is 19.0. The molecule has 0 aliphatic carbocycles. The smallest absolute Gasteiger partial charge is 0.335 e. The van der Waals surface area contributed by atoms with Gasteiger partial charge in [0.05, 0.1) is 5.56 Å². The van der Waals surface area contributed by atoms with Crippen LogP contribution >= 0.6 is 0 Å². The monoisotopic (exact) mass is 568 g/mol. The molecule has 214 valence electrons. The number of carboxylic acid groups (broad SMARTS) is 1. The SMILES string of the molecule is CCCCc1nccn1[C@H](C(=O)N[C@@H](CC(=O)NO)Cc1c(F)c(F)c(F)c(F)c1F)c1ccc(C(=O)O)cc1. The van der Waals surface area contributed by atoms with Gasteiger partial charge in [-0.1, -0.05) is 25.5 Å². The van der Waals surface area contributed by atoms with Gasteiger partial charge in [-0.2, -0.15) is 0 Å². The van der Waals surface area contributed by atoms with E-state index >= 15 is 0 Å². The van der Waals surface area contributed by atoms with Crippen LogP contribution in [0.2, 0.25) is 0 Å². The van der Waals surface area contributed by atoms with Gasteiger partial charge in [0.15, 0.2) is 23.3 Å². The summed E-state index contributed by atoms with van der Waals surface area (Å²) in [6.07, 6.45) is 3.10. The number of halogens is 5. The van der Waals surface area contributed by atoms with Crippen molar-refractivity contribution >= 4 is 17.8 Å². The van der Waals surface area contributed by atoms with Crippen molar-refractivity contribution in [1.82, 2.24) is 20.3 Å². The largest absolute Gasteiger partial charge is 0.478 e. The summed E-state index contributed by atoms with van der Waals surface area (Å²) in [5.74, 6) is -13.7. The minimum Gasteiger partial charge on any atom is -0.478 e. The van der Waals surface area contributed by atoms with E-state index in [4.69, 9.17) is 5.21 Å². The molecule has 0 saturated heterocycles. The first-order valence-corrected chi connectivity index (χ1v) is 12.1. The molecular formula is C26H25F5N4O5. The van der Waals surface area contributed by atoms with E-state index in [1.807, 2.05) is 6.92 Å². The van der Waals surface area contributed by atoms with Crippen LogP contribution < -0.4 is 10.8 Å². The van der Waals surface area contributed by atoms with Crippen molar-refractivity contribution in [3.05, 3.63) is 88.3 Å². The van der Waals surface area contributed by atoms with Crippen LogP contribution in [0.1, 0.15) is 59.5 Å². The quantitative estimate of drug-likeness (QED) is 0.0863. The van der Waals surface area contributed by atoms with Crippen molar-refractivity contribution in [2.45, 2.75) is 51.1 Å². The molecular weight excluding hydrogens is 543 g/mol. The summed E-state index contributed by atoms with van der Waals surface area (Å²) >= 11 is 0. The molecule has 0 unspecified atom stereocenters. The number of aryl methyl sites for hydroxylation is 1. The van der Waals surface area contributed by atoms with Crippen molar-refractivity contribution in [2.75, 3.05) is 0 Å². The van der Waals surface area contributed by atoms with Gasteiger partial charge in [0.2, 0.25) is 17.6 Å². The average Bonchev–Trinajstić information content (AvgIpc) is 3.40. The number of benzene rings is 2. The van der Waals surface area contributed by atoms with Crippen LogP contribution in [0.5, 0.6) is 0 Å². The normalized spacial score (nSPS) is 12.6. The molecule has 0 aliphatic heterocycles. The number of unbranched alkanes of at least 4 members (excludes halogenated alkanes) is 1. The molecule has 14 heteroatoms. The lowest BCUT2D eigenvalue weighted by Crippen LogP contribution is -2.44. The number of hydrogen-bond acceptors (Lipinski definition) is 5. The van der Waals surface area contributed by atoms with E-state index in [2.05, 4.69) is 10.3 Å². The Morgan fingerprint density at radius 1 is 0.975 bits per heavy atom. The van der Waals surface area contributed by atoms with Gasteiger partial charge in [0.1, 0.15) is 11.9 Å². The van der Waals surface area contributed by atoms with Crippen LogP contribution in [0.15, 0.2) is 36.7 Å². The summed E-state index contributed by atoms with van der Waals surface area (Å²) < 4.78 is 71.4. The molecule has 1 heterocycles. The summed E-state index contributed by atoms with van der Waals surface area (Å²) in [6, 6.07) is 2.48. The minimum absolute atomic E-state index is 0.0662. The fraction of sp³-hybridized carbons (Fsp3) is 0.308. The van der Waals surface area contributed by atoms with Gasteiger partial charge in [0.25, 0.3) is 0 Å². The number of nitrogens with zero attached hydrogens (tertiary/aromatic N) is 2. The molecule has 2 atom stereocenters. The fourth-order valence-electron chi connectivity index (χ4n) is 4.15. The molecule has 0 aliphatic rings. The summed E-state index contributed by atoms with van der Waals surface area (Å²) in [7, 11) is 0. The number of carboxylic acids is 1. The molecule has 4 N–H and O–H groups in total. The number of aromatic carboxylic acids is 1. The van der Waals surface area contributed by atoms with Gasteiger partial charge in [-0.15, -0.1) is 0 Å². The zero-order chi connectivity index (χ0) is 29.6. The Bertz CT molecular complexity index is 1370. The number of rotatable bonds is 12. The standard InChI is InChI=1S/C26H25F5N4O5/c1-2-3-4-17-32-9-10-35(17)24(13-5-7-14(8-6-13)26(38)39)25(37)33-15(12-18(36)34-40)11-16-19(27)21(29)23(31)22(30)20(16)28/h5-10,15,24,40H,2-4,11-12H2,1H3,(H,33,37)(H,34,36)(H,38,39)/t15-,24+/m1/s1. The van der Waals surface area contributed by atoms with Crippen LogP contribution in [0.4, 0.5) is 22.0 Å². The number of carbonyl (C=O) groups is 3. The third-order valence-corrected chi connectivity index (χ3v) is 6.16. The zero-order valence-electron chi connectivity index (χ0n) is 21.1. The Morgan fingerprint density at radius 2 is 1.57 bits per heavy atom. The van der Waals surface area contributed by atoms with Crippen molar-refractivity contribution in [2.24, 2.45) is 0 Å². The minimum atomic E-state index is -2.36. The van der Waals surface area contributed by atoms with Gasteiger partial charge >= 0.3 is 5.97 Å². The second kappa shape index (κ2) is 13.2. The summed E-state index contributed by atoms with van der Waals surface area (Å²) in [6.45, 7) is 1.94. The van der Waals surface area contributed by atoms with Crippen LogP contribution in [-0.4, -0.2) is 43.7 Å². The number of nitrogens with one attached hydrogen (secondary N) is 2. The Morgan fingerprint density at radius 3 is 2.12 bits per heavy atom. The number of aromatic nitrogens is 2. The molecule has 0 spiro atoms. The number of imidazole rings is 1. The number of carbonyl (C=O) groups excluding carboxylic acids is 2. The van der Waals surface area contributed by atoms with Crippen LogP contribution in [0.3, 0.4) is 0 Å². The van der Waals surface area contributed by atoms with E-state index < -0.39 is 77.4 Å². The second-order valence-corrected chi connectivity index (χ2v) is 8.88. The molecule has 40 heavy (non-hydrogen) atoms. The van der Waals surface area contributed by atoms with E-state index in [1.165, 1.54) is 46.7 Å². The molecule has 1 aromatic heterocycles. The average molecular weight is 568 g/mol. The van der Waals surface area contributed by atoms with E-state index in [-0.39, 0.29) is 11.1 Å².